The van der Waals surface area contributed by atoms with Crippen molar-refractivity contribution in [2.45, 2.75) is 0 Å². The third-order valence-electron chi connectivity index (χ3n) is 0.731. The van der Waals surface area contributed by atoms with Crippen LogP contribution in [-0.2, 0) is 0 Å². The fraction of sp³-hybridized carbons (Fsp3) is 0.500. The van der Waals surface area contributed by atoms with Gasteiger partial charge in [0.1, 0.15) is 5.51 Å². The van der Waals surface area contributed by atoms with Gasteiger partial charge in [0.15, 0.2) is 0 Å². The van der Waals surface area contributed by atoms with Crippen molar-refractivity contribution in [3.8, 4) is 0 Å². The molecular weight excluding hydrogens is 202 g/mol. The zero-order chi connectivity index (χ0) is 5.98. The molecule has 0 bridgehead atoms. The molecule has 1 rings (SSSR count). The highest BCUT2D eigenvalue weighted by molar-refractivity contribution is 8.93. The lowest BCUT2D eigenvalue weighted by atomic mass is 10.9. The highest BCUT2D eigenvalue weighted by Gasteiger charge is 1.94. The molecule has 5 heteroatoms. The van der Waals surface area contributed by atoms with Gasteiger partial charge in [0.2, 0.25) is 5.13 Å². The lowest BCUT2D eigenvalue weighted by Crippen LogP contribution is -2.07. The van der Waals surface area contributed by atoms with Crippen LogP contribution in [0, 0.1) is 0 Å². The summed E-state index contributed by atoms with van der Waals surface area (Å²) in [5.74, 6) is 0. The van der Waals surface area contributed by atoms with Gasteiger partial charge in [-0.2, -0.15) is 0 Å². The molecule has 1 heterocycles. The number of rotatable bonds is 1. The molecule has 52 valence electrons. The van der Waals surface area contributed by atoms with E-state index in [1.54, 1.807) is 5.51 Å². The van der Waals surface area contributed by atoms with Crippen LogP contribution < -0.4 is 4.90 Å². The van der Waals surface area contributed by atoms with Crippen molar-refractivity contribution >= 4 is 33.4 Å². The normalized spacial score (nSPS) is 8.22. The van der Waals surface area contributed by atoms with Crippen LogP contribution in [0.4, 0.5) is 5.13 Å². The van der Waals surface area contributed by atoms with Crippen molar-refractivity contribution in [3.05, 3.63) is 5.51 Å². The number of nitrogens with zero attached hydrogens (tertiary/aromatic N) is 3. The van der Waals surface area contributed by atoms with Crippen LogP contribution in [0.2, 0.25) is 0 Å². The van der Waals surface area contributed by atoms with Crippen molar-refractivity contribution in [1.29, 1.82) is 0 Å². The van der Waals surface area contributed by atoms with Crippen LogP contribution in [0.25, 0.3) is 0 Å². The summed E-state index contributed by atoms with van der Waals surface area (Å²) < 4.78 is 0. The number of hydrogen-bond donors (Lipinski definition) is 0. The first kappa shape index (κ1) is 8.84. The summed E-state index contributed by atoms with van der Waals surface area (Å²) >= 11 is 1.53. The Kier molecular flexibility index (Phi) is 3.72. The maximum absolute atomic E-state index is 3.81. The molecule has 0 aliphatic rings. The first-order chi connectivity index (χ1) is 3.80. The molecule has 1 aromatic heterocycles. The summed E-state index contributed by atoms with van der Waals surface area (Å²) in [6.45, 7) is 0. The van der Waals surface area contributed by atoms with Crippen molar-refractivity contribution in [3.63, 3.8) is 0 Å². The van der Waals surface area contributed by atoms with E-state index in [9.17, 15) is 0 Å². The second-order valence-electron chi connectivity index (χ2n) is 1.62. The molecule has 0 fully saturated rings. The van der Waals surface area contributed by atoms with Crippen LogP contribution in [0.5, 0.6) is 0 Å². The molecule has 0 saturated carbocycles. The molecular formula is C4H8BrN3S. The zero-order valence-corrected chi connectivity index (χ0v) is 7.77. The van der Waals surface area contributed by atoms with Gasteiger partial charge in [0.05, 0.1) is 0 Å². The Morgan fingerprint density at radius 1 is 1.56 bits per heavy atom. The van der Waals surface area contributed by atoms with Gasteiger partial charge in [-0.05, 0) is 0 Å². The van der Waals surface area contributed by atoms with E-state index in [1.165, 1.54) is 11.3 Å². The molecule has 0 saturated heterocycles. The lowest BCUT2D eigenvalue weighted by Gasteiger charge is -2.03. The fourth-order valence-electron chi connectivity index (χ4n) is 0.362. The molecule has 9 heavy (non-hydrogen) atoms. The molecule has 0 amide bonds. The van der Waals surface area contributed by atoms with Gasteiger partial charge in [0.25, 0.3) is 0 Å². The molecule has 0 aromatic carbocycles. The number of hydrogen-bond acceptors (Lipinski definition) is 4. The van der Waals surface area contributed by atoms with Gasteiger partial charge in [-0.15, -0.1) is 27.2 Å². The largest absolute Gasteiger partial charge is 0.353 e. The number of anilines is 1. The van der Waals surface area contributed by atoms with Gasteiger partial charge in [-0.3, -0.25) is 0 Å². The van der Waals surface area contributed by atoms with Crippen molar-refractivity contribution in [1.82, 2.24) is 10.2 Å². The minimum atomic E-state index is 0. The molecule has 1 aromatic rings. The highest BCUT2D eigenvalue weighted by Crippen LogP contribution is 2.10. The van der Waals surface area contributed by atoms with E-state index < -0.39 is 0 Å². The zero-order valence-electron chi connectivity index (χ0n) is 5.24. The van der Waals surface area contributed by atoms with Crippen LogP contribution in [0.15, 0.2) is 5.51 Å². The lowest BCUT2D eigenvalue weighted by molar-refractivity contribution is 1.02. The predicted octanol–water partition coefficient (Wildman–Crippen LogP) is 1.18. The summed E-state index contributed by atoms with van der Waals surface area (Å²) in [6.07, 6.45) is 0. The van der Waals surface area contributed by atoms with E-state index in [2.05, 4.69) is 10.2 Å². The van der Waals surface area contributed by atoms with E-state index in [0.717, 1.165) is 5.13 Å². The summed E-state index contributed by atoms with van der Waals surface area (Å²) in [6, 6.07) is 0. The Hall–Kier alpha value is -0.160. The Morgan fingerprint density at radius 2 is 2.22 bits per heavy atom. The number of halogens is 1. The maximum Gasteiger partial charge on any atom is 0.207 e. The van der Waals surface area contributed by atoms with Crippen LogP contribution in [-0.4, -0.2) is 24.3 Å². The minimum Gasteiger partial charge on any atom is -0.353 e. The Morgan fingerprint density at radius 3 is 2.44 bits per heavy atom. The summed E-state index contributed by atoms with van der Waals surface area (Å²) in [7, 11) is 3.89. The topological polar surface area (TPSA) is 29.0 Å². The molecule has 3 nitrogen and oxygen atoms in total. The Balaban J connectivity index is 0.000000640. The molecule has 0 aliphatic heterocycles. The van der Waals surface area contributed by atoms with Crippen LogP contribution in [0.1, 0.15) is 0 Å². The monoisotopic (exact) mass is 209 g/mol. The van der Waals surface area contributed by atoms with Crippen molar-refractivity contribution in [2.75, 3.05) is 19.0 Å². The van der Waals surface area contributed by atoms with Crippen LogP contribution >= 0.6 is 28.3 Å². The van der Waals surface area contributed by atoms with Gasteiger partial charge >= 0.3 is 0 Å². The van der Waals surface area contributed by atoms with E-state index in [4.69, 9.17) is 0 Å². The standard InChI is InChI=1S/C4H7N3S.BrH/c1-7(2)4-6-5-3-8-4;/h3H,1-2H3;1H. The van der Waals surface area contributed by atoms with E-state index in [0.29, 0.717) is 0 Å². The van der Waals surface area contributed by atoms with E-state index >= 15 is 0 Å². The van der Waals surface area contributed by atoms with Gasteiger partial charge in [0, 0.05) is 14.1 Å². The van der Waals surface area contributed by atoms with Crippen LogP contribution in [0.3, 0.4) is 0 Å². The SMILES string of the molecule is Br.CN(C)c1nncs1. The quantitative estimate of drug-likeness (QED) is 0.696. The van der Waals surface area contributed by atoms with Gasteiger partial charge in [-0.25, -0.2) is 0 Å². The van der Waals surface area contributed by atoms with E-state index in [1.807, 2.05) is 19.0 Å². The summed E-state index contributed by atoms with van der Waals surface area (Å²) in [4.78, 5) is 1.93. The highest BCUT2D eigenvalue weighted by atomic mass is 79.9. The Bertz CT molecular complexity index is 151. The molecule has 0 radical (unpaired) electrons. The maximum atomic E-state index is 3.81. The summed E-state index contributed by atoms with van der Waals surface area (Å²) in [5.41, 5.74) is 1.72. The van der Waals surface area contributed by atoms with E-state index in [-0.39, 0.29) is 17.0 Å². The second kappa shape index (κ2) is 3.79. The first-order valence-corrected chi connectivity index (χ1v) is 3.12. The predicted molar refractivity (Wildman–Crippen MR) is 44.6 cm³/mol. The first-order valence-electron chi connectivity index (χ1n) is 2.24. The molecule has 0 spiro atoms. The molecule has 0 aliphatic carbocycles. The van der Waals surface area contributed by atoms with Gasteiger partial charge < -0.3 is 4.90 Å². The molecule has 0 atom stereocenters. The van der Waals surface area contributed by atoms with Gasteiger partial charge in [-0.1, -0.05) is 11.3 Å². The van der Waals surface area contributed by atoms with Crippen molar-refractivity contribution in [2.24, 2.45) is 0 Å². The molecule has 0 N–H and O–H groups in total. The third kappa shape index (κ3) is 2.28. The minimum absolute atomic E-state index is 0. The smallest absolute Gasteiger partial charge is 0.207 e. The average molecular weight is 210 g/mol. The average Bonchev–Trinajstić information content (AvgIpc) is 2.12. The third-order valence-corrected chi connectivity index (χ3v) is 1.59. The Labute approximate surface area is 68.5 Å². The van der Waals surface area contributed by atoms with Crippen molar-refractivity contribution < 1.29 is 0 Å². The second-order valence-corrected chi connectivity index (χ2v) is 2.43. The summed E-state index contributed by atoms with van der Waals surface area (Å²) in [5, 5.41) is 8.43. The molecule has 0 unspecified atom stereocenters. The fourth-order valence-corrected chi connectivity index (χ4v) is 0.856. The number of aromatic nitrogens is 2.